The minimum absolute atomic E-state index is 0.00463. The van der Waals surface area contributed by atoms with Crippen LogP contribution in [0.15, 0.2) is 0 Å². The van der Waals surface area contributed by atoms with Gasteiger partial charge in [0.2, 0.25) is 0 Å². The third kappa shape index (κ3) is 0.736. The number of hydrogen-bond acceptors (Lipinski definition) is 2. The molecule has 0 aliphatic carbocycles. The summed E-state index contributed by atoms with van der Waals surface area (Å²) >= 11 is 0. The topological polar surface area (TPSA) is 55.6 Å². The van der Waals surface area contributed by atoms with Crippen LogP contribution in [-0.2, 0) is 9.53 Å². The molecular formula is C7H13NO2. The molecule has 1 aliphatic rings. The van der Waals surface area contributed by atoms with Crippen molar-refractivity contribution in [3.63, 3.8) is 0 Å². The number of epoxide rings is 1. The van der Waals surface area contributed by atoms with Crippen LogP contribution in [-0.4, -0.2) is 17.6 Å². The van der Waals surface area contributed by atoms with E-state index in [4.69, 9.17) is 10.5 Å². The van der Waals surface area contributed by atoms with Gasteiger partial charge in [0.25, 0.3) is 5.91 Å². The van der Waals surface area contributed by atoms with E-state index in [9.17, 15) is 4.79 Å². The molecule has 1 aliphatic heterocycles. The zero-order chi connectivity index (χ0) is 7.94. The highest BCUT2D eigenvalue weighted by molar-refractivity contribution is 5.87. The second-order valence-corrected chi connectivity index (χ2v) is 3.07. The van der Waals surface area contributed by atoms with Gasteiger partial charge in [0.1, 0.15) is 0 Å². The minimum atomic E-state index is -0.653. The molecule has 0 aromatic carbocycles. The fourth-order valence-corrected chi connectivity index (χ4v) is 1.41. The molecule has 0 saturated carbocycles. The predicted octanol–water partition coefficient (Wildman–Crippen LogP) is 0.285. The first-order valence-corrected chi connectivity index (χ1v) is 3.49. The Labute approximate surface area is 60.5 Å². The summed E-state index contributed by atoms with van der Waals surface area (Å²) in [6, 6.07) is 0. The van der Waals surface area contributed by atoms with E-state index in [1.165, 1.54) is 0 Å². The number of rotatable bonds is 2. The number of carbonyl (C=O) groups excluding carboxylic acids is 1. The van der Waals surface area contributed by atoms with Crippen LogP contribution in [0.2, 0.25) is 0 Å². The second kappa shape index (κ2) is 1.95. The Morgan fingerprint density at radius 3 is 2.10 bits per heavy atom. The number of nitrogens with two attached hydrogens (primary N) is 1. The lowest BCUT2D eigenvalue weighted by Crippen LogP contribution is -2.38. The van der Waals surface area contributed by atoms with Crippen LogP contribution in [0.3, 0.4) is 0 Å². The highest BCUT2D eigenvalue weighted by Gasteiger charge is 2.60. The highest BCUT2D eigenvalue weighted by Crippen LogP contribution is 2.42. The maximum Gasteiger partial charge on any atom is 0.252 e. The van der Waals surface area contributed by atoms with Crippen LogP contribution in [0.1, 0.15) is 20.8 Å². The first-order chi connectivity index (χ1) is 4.51. The highest BCUT2D eigenvalue weighted by atomic mass is 16.6. The van der Waals surface area contributed by atoms with E-state index in [-0.39, 0.29) is 17.9 Å². The molecule has 1 heterocycles. The summed E-state index contributed by atoms with van der Waals surface area (Å²) in [5, 5.41) is 0. The van der Waals surface area contributed by atoms with E-state index in [0.717, 1.165) is 0 Å². The lowest BCUT2D eigenvalue weighted by atomic mass is 9.92. The van der Waals surface area contributed by atoms with Gasteiger partial charge >= 0.3 is 0 Å². The summed E-state index contributed by atoms with van der Waals surface area (Å²) in [5.74, 6) is -0.157. The number of hydrogen-bond donors (Lipinski definition) is 1. The van der Waals surface area contributed by atoms with Crippen LogP contribution < -0.4 is 5.73 Å². The van der Waals surface area contributed by atoms with E-state index in [1.807, 2.05) is 20.8 Å². The largest absolute Gasteiger partial charge is 0.367 e. The summed E-state index contributed by atoms with van der Waals surface area (Å²) in [7, 11) is 0. The Morgan fingerprint density at radius 2 is 2.10 bits per heavy atom. The average Bonchev–Trinajstić information content (AvgIpc) is 2.42. The minimum Gasteiger partial charge on any atom is -0.367 e. The van der Waals surface area contributed by atoms with Crippen molar-refractivity contribution in [2.75, 3.05) is 0 Å². The predicted molar refractivity (Wildman–Crippen MR) is 37.3 cm³/mol. The zero-order valence-corrected chi connectivity index (χ0v) is 6.55. The number of primary amides is 1. The third-order valence-electron chi connectivity index (χ3n) is 2.16. The van der Waals surface area contributed by atoms with Crippen molar-refractivity contribution in [1.82, 2.24) is 0 Å². The lowest BCUT2D eigenvalue weighted by molar-refractivity contribution is -0.124. The van der Waals surface area contributed by atoms with Gasteiger partial charge in [-0.3, -0.25) is 4.79 Å². The van der Waals surface area contributed by atoms with Crippen LogP contribution >= 0.6 is 0 Å². The number of carbonyl (C=O) groups is 1. The first-order valence-electron chi connectivity index (χ1n) is 3.49. The van der Waals surface area contributed by atoms with E-state index in [2.05, 4.69) is 0 Å². The fourth-order valence-electron chi connectivity index (χ4n) is 1.41. The van der Waals surface area contributed by atoms with E-state index >= 15 is 0 Å². The molecule has 2 atom stereocenters. The molecule has 1 amide bonds. The van der Waals surface area contributed by atoms with Crippen molar-refractivity contribution in [3.8, 4) is 0 Å². The van der Waals surface area contributed by atoms with Gasteiger partial charge in [0.15, 0.2) is 5.60 Å². The second-order valence-electron chi connectivity index (χ2n) is 3.07. The zero-order valence-electron chi connectivity index (χ0n) is 6.55. The SMILES string of the molecule is CC(C)[C@@]1(C(N)=O)O[C@@H]1C. The van der Waals surface area contributed by atoms with Crippen molar-refractivity contribution in [1.29, 1.82) is 0 Å². The molecule has 3 nitrogen and oxygen atoms in total. The average molecular weight is 143 g/mol. The quantitative estimate of drug-likeness (QED) is 0.565. The molecule has 1 rings (SSSR count). The van der Waals surface area contributed by atoms with Crippen LogP contribution in [0.4, 0.5) is 0 Å². The van der Waals surface area contributed by atoms with Crippen molar-refractivity contribution in [2.45, 2.75) is 32.5 Å². The van der Waals surface area contributed by atoms with Crippen LogP contribution in [0.5, 0.6) is 0 Å². The summed E-state index contributed by atoms with van der Waals surface area (Å²) in [6.45, 7) is 5.74. The van der Waals surface area contributed by atoms with Crippen molar-refractivity contribution in [2.24, 2.45) is 11.7 Å². The van der Waals surface area contributed by atoms with Crippen LogP contribution in [0.25, 0.3) is 0 Å². The summed E-state index contributed by atoms with van der Waals surface area (Å²) in [4.78, 5) is 10.8. The third-order valence-corrected chi connectivity index (χ3v) is 2.16. The molecule has 58 valence electrons. The Balaban J connectivity index is 2.73. The Hall–Kier alpha value is -0.570. The summed E-state index contributed by atoms with van der Waals surface area (Å²) in [6.07, 6.45) is 0.00463. The Morgan fingerprint density at radius 1 is 1.70 bits per heavy atom. The van der Waals surface area contributed by atoms with Gasteiger partial charge < -0.3 is 10.5 Å². The van der Waals surface area contributed by atoms with Gasteiger partial charge in [0.05, 0.1) is 6.10 Å². The maximum absolute atomic E-state index is 10.8. The van der Waals surface area contributed by atoms with Crippen LogP contribution in [0, 0.1) is 5.92 Å². The van der Waals surface area contributed by atoms with Gasteiger partial charge in [-0.1, -0.05) is 13.8 Å². The van der Waals surface area contributed by atoms with Gasteiger partial charge in [-0.2, -0.15) is 0 Å². The molecular weight excluding hydrogens is 130 g/mol. The van der Waals surface area contributed by atoms with Crippen molar-refractivity contribution in [3.05, 3.63) is 0 Å². The van der Waals surface area contributed by atoms with E-state index in [1.54, 1.807) is 0 Å². The van der Waals surface area contributed by atoms with Gasteiger partial charge in [-0.15, -0.1) is 0 Å². The maximum atomic E-state index is 10.8. The van der Waals surface area contributed by atoms with Crippen molar-refractivity contribution >= 4 is 5.91 Å². The smallest absolute Gasteiger partial charge is 0.252 e. The molecule has 0 spiro atoms. The molecule has 1 saturated heterocycles. The molecule has 10 heavy (non-hydrogen) atoms. The molecule has 0 aromatic heterocycles. The number of amides is 1. The molecule has 0 aromatic rings. The molecule has 3 heteroatoms. The van der Waals surface area contributed by atoms with Gasteiger partial charge in [-0.05, 0) is 12.8 Å². The molecule has 2 N–H and O–H groups in total. The molecule has 1 fully saturated rings. The normalized spacial score (nSPS) is 38.2. The first kappa shape index (κ1) is 7.54. The summed E-state index contributed by atoms with van der Waals surface area (Å²) in [5.41, 5.74) is 4.51. The van der Waals surface area contributed by atoms with Crippen molar-refractivity contribution < 1.29 is 9.53 Å². The standard InChI is InChI=1S/C7H13NO2/c1-4(2)7(6(8)9)5(3)10-7/h4-5H,1-3H3,(H2,8,9)/t5-,7-/m1/s1. The monoisotopic (exact) mass is 143 g/mol. The Bertz CT molecular complexity index is 167. The fraction of sp³-hybridized carbons (Fsp3) is 0.857. The Kier molecular flexibility index (Phi) is 1.47. The summed E-state index contributed by atoms with van der Waals surface area (Å²) < 4.78 is 5.15. The van der Waals surface area contributed by atoms with E-state index in [0.29, 0.717) is 0 Å². The van der Waals surface area contributed by atoms with E-state index < -0.39 is 5.60 Å². The van der Waals surface area contributed by atoms with Gasteiger partial charge in [-0.25, -0.2) is 0 Å². The van der Waals surface area contributed by atoms with Gasteiger partial charge in [0, 0.05) is 0 Å². The number of ether oxygens (including phenoxy) is 1. The molecule has 0 bridgehead atoms. The lowest BCUT2D eigenvalue weighted by Gasteiger charge is -2.11. The molecule has 0 radical (unpaired) electrons. The molecule has 0 unspecified atom stereocenters.